The maximum atomic E-state index is 13.2. The molecule has 0 saturated heterocycles. The predicted molar refractivity (Wildman–Crippen MR) is 116 cm³/mol. The molecule has 0 unspecified atom stereocenters. The Morgan fingerprint density at radius 3 is 2.61 bits per heavy atom. The molecule has 4 rings (SSSR count). The lowest BCUT2D eigenvalue weighted by molar-refractivity contribution is -0.129. The van der Waals surface area contributed by atoms with E-state index in [2.05, 4.69) is 10.3 Å². The van der Waals surface area contributed by atoms with Gasteiger partial charge in [0.2, 0.25) is 12.0 Å². The predicted octanol–water partition coefficient (Wildman–Crippen LogP) is 3.26. The summed E-state index contributed by atoms with van der Waals surface area (Å²) in [6.45, 7) is 2.73. The van der Waals surface area contributed by atoms with Crippen LogP contribution in [0.4, 0.5) is 5.82 Å². The van der Waals surface area contributed by atoms with Gasteiger partial charge in [-0.05, 0) is 36.8 Å². The SMILES string of the molecule is CCOc1ccc(CNC(=O)CN2C(=O)[C@H](c3ccccc3)Oc3cccnc32)cc1. The van der Waals surface area contributed by atoms with Gasteiger partial charge in [0.15, 0.2) is 11.6 Å². The molecule has 0 spiro atoms. The average Bonchev–Trinajstić information content (AvgIpc) is 2.81. The molecule has 1 aliphatic rings. The number of carbonyl (C=O) groups is 2. The molecule has 1 atom stereocenters. The van der Waals surface area contributed by atoms with Gasteiger partial charge in [0.1, 0.15) is 12.3 Å². The van der Waals surface area contributed by atoms with Crippen molar-refractivity contribution in [3.8, 4) is 11.5 Å². The summed E-state index contributed by atoms with van der Waals surface area (Å²) in [5, 5.41) is 2.86. The Morgan fingerprint density at radius 1 is 1.10 bits per heavy atom. The number of ether oxygens (including phenoxy) is 2. The molecule has 1 aliphatic heterocycles. The van der Waals surface area contributed by atoms with E-state index in [1.807, 2.05) is 61.5 Å². The summed E-state index contributed by atoms with van der Waals surface area (Å²) < 4.78 is 11.3. The van der Waals surface area contributed by atoms with Crippen LogP contribution in [0.25, 0.3) is 0 Å². The van der Waals surface area contributed by atoms with Crippen LogP contribution in [0.3, 0.4) is 0 Å². The largest absolute Gasteiger partial charge is 0.494 e. The number of nitrogens with one attached hydrogen (secondary N) is 1. The zero-order valence-corrected chi connectivity index (χ0v) is 17.2. The van der Waals surface area contributed by atoms with Crippen molar-refractivity contribution in [1.29, 1.82) is 0 Å². The number of rotatable bonds is 7. The highest BCUT2D eigenvalue weighted by Gasteiger charge is 2.37. The van der Waals surface area contributed by atoms with Gasteiger partial charge >= 0.3 is 0 Å². The van der Waals surface area contributed by atoms with Crippen LogP contribution in [0.5, 0.6) is 11.5 Å². The molecule has 0 saturated carbocycles. The van der Waals surface area contributed by atoms with Crippen LogP contribution in [0, 0.1) is 0 Å². The van der Waals surface area contributed by atoms with E-state index in [0.29, 0.717) is 24.7 Å². The monoisotopic (exact) mass is 417 g/mol. The lowest BCUT2D eigenvalue weighted by Crippen LogP contribution is -2.46. The number of pyridine rings is 1. The quantitative estimate of drug-likeness (QED) is 0.638. The maximum Gasteiger partial charge on any atom is 0.274 e. The van der Waals surface area contributed by atoms with E-state index >= 15 is 0 Å². The summed E-state index contributed by atoms with van der Waals surface area (Å²) in [5.74, 6) is 0.985. The third-order valence-corrected chi connectivity index (χ3v) is 4.87. The smallest absolute Gasteiger partial charge is 0.274 e. The van der Waals surface area contributed by atoms with Gasteiger partial charge in [0.05, 0.1) is 6.61 Å². The average molecular weight is 417 g/mol. The Balaban J connectivity index is 1.46. The molecule has 31 heavy (non-hydrogen) atoms. The van der Waals surface area contributed by atoms with Gasteiger partial charge in [-0.3, -0.25) is 14.5 Å². The van der Waals surface area contributed by atoms with Crippen molar-refractivity contribution in [1.82, 2.24) is 10.3 Å². The number of carbonyl (C=O) groups excluding carboxylic acids is 2. The third-order valence-electron chi connectivity index (χ3n) is 4.87. The molecule has 7 heteroatoms. The van der Waals surface area contributed by atoms with Crippen molar-refractivity contribution in [3.63, 3.8) is 0 Å². The molecule has 2 aromatic carbocycles. The molecular weight excluding hydrogens is 394 g/mol. The Morgan fingerprint density at radius 2 is 1.87 bits per heavy atom. The van der Waals surface area contributed by atoms with Crippen LogP contribution in [0.1, 0.15) is 24.2 Å². The minimum atomic E-state index is -0.822. The zero-order valence-electron chi connectivity index (χ0n) is 17.2. The van der Waals surface area contributed by atoms with Crippen molar-refractivity contribution >= 4 is 17.6 Å². The van der Waals surface area contributed by atoms with Crippen LogP contribution in [-0.4, -0.2) is 29.9 Å². The maximum absolute atomic E-state index is 13.2. The second kappa shape index (κ2) is 9.30. The van der Waals surface area contributed by atoms with Gasteiger partial charge in [-0.25, -0.2) is 4.98 Å². The minimum absolute atomic E-state index is 0.146. The van der Waals surface area contributed by atoms with Crippen LogP contribution in [-0.2, 0) is 16.1 Å². The molecule has 2 amide bonds. The molecule has 0 fully saturated rings. The van der Waals surface area contributed by atoms with Crippen LogP contribution >= 0.6 is 0 Å². The van der Waals surface area contributed by atoms with Gasteiger partial charge < -0.3 is 14.8 Å². The second-order valence-electron chi connectivity index (χ2n) is 7.01. The van der Waals surface area contributed by atoms with E-state index in [0.717, 1.165) is 16.9 Å². The number of benzene rings is 2. The van der Waals surface area contributed by atoms with Gasteiger partial charge in [-0.2, -0.15) is 0 Å². The Bertz CT molecular complexity index is 1050. The Kier molecular flexibility index (Phi) is 6.12. The van der Waals surface area contributed by atoms with Crippen molar-refractivity contribution in [3.05, 3.63) is 84.1 Å². The second-order valence-corrected chi connectivity index (χ2v) is 7.01. The summed E-state index contributed by atoms with van der Waals surface area (Å²) >= 11 is 0. The van der Waals surface area contributed by atoms with E-state index in [-0.39, 0.29) is 18.4 Å². The summed E-state index contributed by atoms with van der Waals surface area (Å²) in [5.41, 5.74) is 1.66. The van der Waals surface area contributed by atoms with E-state index in [1.165, 1.54) is 4.90 Å². The van der Waals surface area contributed by atoms with Gasteiger partial charge in [-0.15, -0.1) is 0 Å². The highest BCUT2D eigenvalue weighted by molar-refractivity contribution is 6.03. The first-order valence-corrected chi connectivity index (χ1v) is 10.1. The molecule has 1 N–H and O–H groups in total. The first-order chi connectivity index (χ1) is 15.2. The Hall–Kier alpha value is -3.87. The van der Waals surface area contributed by atoms with Crippen molar-refractivity contribution in [2.45, 2.75) is 19.6 Å². The van der Waals surface area contributed by atoms with E-state index in [4.69, 9.17) is 9.47 Å². The molecule has 0 bridgehead atoms. The van der Waals surface area contributed by atoms with Gasteiger partial charge in [0, 0.05) is 18.3 Å². The molecular formula is C24H23N3O4. The highest BCUT2D eigenvalue weighted by Crippen LogP contribution is 2.36. The number of hydrogen-bond donors (Lipinski definition) is 1. The van der Waals surface area contributed by atoms with Crippen molar-refractivity contribution in [2.75, 3.05) is 18.1 Å². The standard InChI is InChI=1S/C24H23N3O4/c1-2-30-19-12-10-17(11-13-19)15-26-21(28)16-27-23-20(9-6-14-25-23)31-22(24(27)29)18-7-4-3-5-8-18/h3-14,22H,2,15-16H2,1H3,(H,26,28)/t22-/m0/s1. The normalized spacial score (nSPS) is 15.1. The number of nitrogens with zero attached hydrogens (tertiary/aromatic N) is 2. The number of amides is 2. The number of anilines is 1. The molecule has 2 heterocycles. The first-order valence-electron chi connectivity index (χ1n) is 10.1. The molecule has 0 radical (unpaired) electrons. The number of aromatic nitrogens is 1. The summed E-state index contributed by atoms with van der Waals surface area (Å²) in [6, 6.07) is 20.2. The van der Waals surface area contributed by atoms with Crippen LogP contribution in [0.15, 0.2) is 72.9 Å². The van der Waals surface area contributed by atoms with Crippen molar-refractivity contribution < 1.29 is 19.1 Å². The summed E-state index contributed by atoms with van der Waals surface area (Å²) in [7, 11) is 0. The van der Waals surface area contributed by atoms with E-state index < -0.39 is 6.10 Å². The minimum Gasteiger partial charge on any atom is -0.494 e. The summed E-state index contributed by atoms with van der Waals surface area (Å²) in [6.07, 6.45) is 0.750. The fraction of sp³-hybridized carbons (Fsp3) is 0.208. The zero-order chi connectivity index (χ0) is 21.6. The van der Waals surface area contributed by atoms with Crippen LogP contribution < -0.4 is 19.7 Å². The molecule has 7 nitrogen and oxygen atoms in total. The fourth-order valence-corrected chi connectivity index (χ4v) is 3.36. The molecule has 0 aliphatic carbocycles. The topological polar surface area (TPSA) is 80.8 Å². The molecule has 158 valence electrons. The number of fused-ring (bicyclic) bond motifs is 1. The number of hydrogen-bond acceptors (Lipinski definition) is 5. The summed E-state index contributed by atoms with van der Waals surface area (Å²) in [4.78, 5) is 31.5. The lowest BCUT2D eigenvalue weighted by atomic mass is 10.1. The Labute approximate surface area is 180 Å². The lowest BCUT2D eigenvalue weighted by Gasteiger charge is -2.33. The van der Waals surface area contributed by atoms with Gasteiger partial charge in [0.25, 0.3) is 5.91 Å². The fourth-order valence-electron chi connectivity index (χ4n) is 3.36. The third kappa shape index (κ3) is 4.66. The molecule has 3 aromatic rings. The van der Waals surface area contributed by atoms with Crippen molar-refractivity contribution in [2.24, 2.45) is 0 Å². The van der Waals surface area contributed by atoms with E-state index in [1.54, 1.807) is 18.3 Å². The highest BCUT2D eigenvalue weighted by atomic mass is 16.5. The molecule has 1 aromatic heterocycles. The van der Waals surface area contributed by atoms with Gasteiger partial charge in [-0.1, -0.05) is 42.5 Å². The van der Waals surface area contributed by atoms with Crippen LogP contribution in [0.2, 0.25) is 0 Å². The first kappa shape index (κ1) is 20.4. The van der Waals surface area contributed by atoms with E-state index in [9.17, 15) is 9.59 Å².